The molecule has 2 rings (SSSR count). The first-order valence-corrected chi connectivity index (χ1v) is 10.3. The van der Waals surface area contributed by atoms with Gasteiger partial charge >= 0.3 is 5.97 Å². The summed E-state index contributed by atoms with van der Waals surface area (Å²) in [6.45, 7) is -0.856. The standard InChI is InChI=1S/C16H14ClF2NO5S2/c17-10-2-1-3-12(6-10)27(23,24)20-4-5-26-11-7-13(18)16(14(19)8-11)25-9-15(21)22/h1-3,6-8,20H,4-5,9H2,(H,21,22). The molecule has 11 heteroatoms. The van der Waals surface area contributed by atoms with E-state index in [9.17, 15) is 22.0 Å². The van der Waals surface area contributed by atoms with Crippen molar-refractivity contribution in [3.8, 4) is 5.75 Å². The molecule has 0 radical (unpaired) electrons. The Kier molecular flexibility index (Phi) is 7.42. The van der Waals surface area contributed by atoms with Gasteiger partial charge in [-0.05, 0) is 30.3 Å². The van der Waals surface area contributed by atoms with Crippen molar-refractivity contribution >= 4 is 39.4 Å². The van der Waals surface area contributed by atoms with Crippen LogP contribution >= 0.6 is 23.4 Å². The lowest BCUT2D eigenvalue weighted by molar-refractivity contribution is -0.139. The van der Waals surface area contributed by atoms with Crippen LogP contribution in [-0.4, -0.2) is 38.4 Å². The van der Waals surface area contributed by atoms with E-state index in [1.807, 2.05) is 0 Å². The third-order valence-electron chi connectivity index (χ3n) is 3.08. The van der Waals surface area contributed by atoms with E-state index in [1.165, 1.54) is 18.2 Å². The Morgan fingerprint density at radius 3 is 2.48 bits per heavy atom. The predicted molar refractivity (Wildman–Crippen MR) is 96.9 cm³/mol. The summed E-state index contributed by atoms with van der Waals surface area (Å²) >= 11 is 6.78. The molecule has 2 aromatic carbocycles. The van der Waals surface area contributed by atoms with E-state index in [0.29, 0.717) is 0 Å². The summed E-state index contributed by atoms with van der Waals surface area (Å²) in [5, 5.41) is 8.76. The molecule has 2 N–H and O–H groups in total. The Balaban J connectivity index is 1.92. The van der Waals surface area contributed by atoms with Crippen molar-refractivity contribution in [1.29, 1.82) is 0 Å². The molecule has 0 fully saturated rings. The molecule has 0 heterocycles. The Labute approximate surface area is 163 Å². The fraction of sp³-hybridized carbons (Fsp3) is 0.188. The van der Waals surface area contributed by atoms with Gasteiger partial charge < -0.3 is 9.84 Å². The van der Waals surface area contributed by atoms with Crippen LogP contribution in [0.4, 0.5) is 8.78 Å². The van der Waals surface area contributed by atoms with Gasteiger partial charge in [0.05, 0.1) is 4.90 Å². The zero-order valence-corrected chi connectivity index (χ0v) is 16.0. The molecule has 0 atom stereocenters. The van der Waals surface area contributed by atoms with Crippen molar-refractivity contribution < 1.29 is 31.8 Å². The second-order valence-electron chi connectivity index (χ2n) is 5.10. The molecule has 6 nitrogen and oxygen atoms in total. The van der Waals surface area contributed by atoms with Crippen LogP contribution in [-0.2, 0) is 14.8 Å². The number of halogens is 3. The number of carboxylic acids is 1. The minimum Gasteiger partial charge on any atom is -0.479 e. The Morgan fingerprint density at radius 2 is 1.89 bits per heavy atom. The smallest absolute Gasteiger partial charge is 0.341 e. The van der Waals surface area contributed by atoms with Crippen LogP contribution in [0.2, 0.25) is 5.02 Å². The summed E-state index contributed by atoms with van der Waals surface area (Å²) in [6.07, 6.45) is 0. The molecular weight excluding hydrogens is 424 g/mol. The maximum atomic E-state index is 13.8. The van der Waals surface area contributed by atoms with Gasteiger partial charge in [-0.15, -0.1) is 11.8 Å². The maximum absolute atomic E-state index is 13.8. The highest BCUT2D eigenvalue weighted by Gasteiger charge is 2.16. The van der Waals surface area contributed by atoms with Crippen LogP contribution < -0.4 is 9.46 Å². The van der Waals surface area contributed by atoms with Crippen molar-refractivity contribution in [2.45, 2.75) is 9.79 Å². The van der Waals surface area contributed by atoms with Gasteiger partial charge in [0.15, 0.2) is 24.0 Å². The molecule has 0 bridgehead atoms. The lowest BCUT2D eigenvalue weighted by Crippen LogP contribution is -2.26. The maximum Gasteiger partial charge on any atom is 0.341 e. The van der Waals surface area contributed by atoms with Gasteiger partial charge in [0, 0.05) is 22.2 Å². The molecular formula is C16H14ClF2NO5S2. The zero-order chi connectivity index (χ0) is 20.0. The average Bonchev–Trinajstić information content (AvgIpc) is 2.58. The second-order valence-corrected chi connectivity index (χ2v) is 8.47. The molecule has 0 aliphatic heterocycles. The monoisotopic (exact) mass is 437 g/mol. The van der Waals surface area contributed by atoms with Gasteiger partial charge in [0.25, 0.3) is 0 Å². The number of carbonyl (C=O) groups is 1. The van der Waals surface area contributed by atoms with Crippen molar-refractivity contribution in [3.05, 3.63) is 53.1 Å². The quantitative estimate of drug-likeness (QED) is 0.462. The van der Waals surface area contributed by atoms with E-state index >= 15 is 0 Å². The molecule has 0 aliphatic carbocycles. The largest absolute Gasteiger partial charge is 0.479 e. The SMILES string of the molecule is O=C(O)COc1c(F)cc(SCCNS(=O)(=O)c2cccc(Cl)c2)cc1F. The molecule has 2 aromatic rings. The number of benzene rings is 2. The lowest BCUT2D eigenvalue weighted by atomic mass is 10.3. The molecule has 0 aromatic heterocycles. The van der Waals surface area contributed by atoms with Gasteiger partial charge in [-0.3, -0.25) is 0 Å². The van der Waals surface area contributed by atoms with E-state index in [-0.39, 0.29) is 27.1 Å². The van der Waals surface area contributed by atoms with Crippen LogP contribution in [0.3, 0.4) is 0 Å². The van der Waals surface area contributed by atoms with E-state index < -0.39 is 40.0 Å². The number of ether oxygens (including phenoxy) is 1. The summed E-state index contributed by atoms with van der Waals surface area (Å²) < 4.78 is 58.8. The Hall–Kier alpha value is -1.88. The van der Waals surface area contributed by atoms with E-state index in [4.69, 9.17) is 16.7 Å². The Morgan fingerprint density at radius 1 is 1.22 bits per heavy atom. The Bertz CT molecular complexity index is 917. The molecule has 0 amide bonds. The number of nitrogens with one attached hydrogen (secondary N) is 1. The van der Waals surface area contributed by atoms with Crippen LogP contribution in [0.1, 0.15) is 0 Å². The van der Waals surface area contributed by atoms with Crippen LogP contribution in [0.5, 0.6) is 5.75 Å². The van der Waals surface area contributed by atoms with Crippen LogP contribution in [0, 0.1) is 11.6 Å². The summed E-state index contributed by atoms with van der Waals surface area (Å²) in [5.41, 5.74) is 0. The molecule has 0 saturated heterocycles. The number of sulfonamides is 1. The first kappa shape index (κ1) is 21.4. The number of hydrogen-bond acceptors (Lipinski definition) is 5. The number of hydrogen-bond donors (Lipinski definition) is 2. The summed E-state index contributed by atoms with van der Waals surface area (Å²) in [7, 11) is -3.75. The van der Waals surface area contributed by atoms with E-state index in [0.717, 1.165) is 23.9 Å². The topological polar surface area (TPSA) is 92.7 Å². The molecule has 0 saturated carbocycles. The predicted octanol–water partition coefficient (Wildman–Crippen LogP) is 3.15. The highest BCUT2D eigenvalue weighted by molar-refractivity contribution is 7.99. The minimum atomic E-state index is -3.75. The van der Waals surface area contributed by atoms with Crippen LogP contribution in [0.25, 0.3) is 0 Å². The normalized spacial score (nSPS) is 11.4. The highest BCUT2D eigenvalue weighted by Crippen LogP contribution is 2.28. The minimum absolute atomic E-state index is 0.0111. The van der Waals surface area contributed by atoms with Crippen molar-refractivity contribution in [2.24, 2.45) is 0 Å². The van der Waals surface area contributed by atoms with Gasteiger partial charge in [0.1, 0.15) is 0 Å². The fourth-order valence-corrected chi connectivity index (χ4v) is 4.23. The van der Waals surface area contributed by atoms with Crippen molar-refractivity contribution in [3.63, 3.8) is 0 Å². The highest BCUT2D eigenvalue weighted by atomic mass is 35.5. The summed E-state index contributed by atoms with van der Waals surface area (Å²) in [4.78, 5) is 10.6. The van der Waals surface area contributed by atoms with Gasteiger partial charge in [-0.2, -0.15) is 0 Å². The van der Waals surface area contributed by atoms with Gasteiger partial charge in [-0.1, -0.05) is 17.7 Å². The van der Waals surface area contributed by atoms with Gasteiger partial charge in [0.2, 0.25) is 10.0 Å². The fourth-order valence-electron chi connectivity index (χ4n) is 1.95. The molecule has 0 unspecified atom stereocenters. The zero-order valence-electron chi connectivity index (χ0n) is 13.6. The third kappa shape index (κ3) is 6.35. The third-order valence-corrected chi connectivity index (χ3v) is 5.75. The summed E-state index contributed by atoms with van der Waals surface area (Å²) in [6, 6.07) is 7.71. The molecule has 0 aliphatic rings. The van der Waals surface area contributed by atoms with E-state index in [2.05, 4.69) is 9.46 Å². The van der Waals surface area contributed by atoms with Crippen molar-refractivity contribution in [1.82, 2.24) is 4.72 Å². The first-order chi connectivity index (χ1) is 12.7. The molecule has 146 valence electrons. The molecule has 27 heavy (non-hydrogen) atoms. The number of thioether (sulfide) groups is 1. The van der Waals surface area contributed by atoms with E-state index in [1.54, 1.807) is 6.07 Å². The first-order valence-electron chi connectivity index (χ1n) is 7.41. The average molecular weight is 438 g/mol. The summed E-state index contributed by atoms with van der Waals surface area (Å²) in [5.74, 6) is -4.02. The number of carboxylic acid groups (broad SMARTS) is 1. The lowest BCUT2D eigenvalue weighted by Gasteiger charge is -2.09. The van der Waals surface area contributed by atoms with Crippen molar-refractivity contribution in [2.75, 3.05) is 18.9 Å². The van der Waals surface area contributed by atoms with Crippen LogP contribution in [0.15, 0.2) is 46.2 Å². The number of aliphatic carboxylic acids is 1. The molecule has 0 spiro atoms. The van der Waals surface area contributed by atoms with Gasteiger partial charge in [-0.25, -0.2) is 26.7 Å². The second kappa shape index (κ2) is 9.36. The number of rotatable bonds is 9.